The van der Waals surface area contributed by atoms with Gasteiger partial charge in [-0.2, -0.15) is 0 Å². The van der Waals surface area contributed by atoms with Crippen LogP contribution in [0.5, 0.6) is 0 Å². The van der Waals surface area contributed by atoms with Crippen molar-refractivity contribution in [1.29, 1.82) is 0 Å². The Morgan fingerprint density at radius 3 is 2.41 bits per heavy atom. The topological polar surface area (TPSA) is 251 Å². The number of carbonyl (C=O) groups excluding carboxylic acids is 5. The number of rotatable bonds is 15. The van der Waals surface area contributed by atoms with E-state index < -0.39 is 54.4 Å². The van der Waals surface area contributed by atoms with Gasteiger partial charge in [-0.25, -0.2) is 9.80 Å². The molecule has 2 heterocycles. The predicted molar refractivity (Wildman–Crippen MR) is 168 cm³/mol. The van der Waals surface area contributed by atoms with Gasteiger partial charge in [0.05, 0.1) is 6.61 Å². The summed E-state index contributed by atoms with van der Waals surface area (Å²) >= 11 is 0. The van der Waals surface area contributed by atoms with Gasteiger partial charge in [-0.3, -0.25) is 34.6 Å². The van der Waals surface area contributed by atoms with Gasteiger partial charge < -0.3 is 37.8 Å². The minimum absolute atomic E-state index is 0.00485. The second kappa shape index (κ2) is 17.9. The quantitative estimate of drug-likeness (QED) is 0.0507. The van der Waals surface area contributed by atoms with E-state index in [9.17, 15) is 29.1 Å². The smallest absolute Gasteiger partial charge is 0.333 e. The Labute approximate surface area is 266 Å². The van der Waals surface area contributed by atoms with Crippen molar-refractivity contribution in [1.82, 2.24) is 31.0 Å². The Balaban J connectivity index is 1.67. The lowest BCUT2D eigenvalue weighted by atomic mass is 10.0. The molecule has 248 valence electrons. The molecule has 3 atom stereocenters. The molecule has 2 aromatic rings. The Morgan fingerprint density at radius 1 is 1.02 bits per heavy atom. The fraction of sp³-hybridized carbons (Fsp3) is 0.433. The number of benzene rings is 1. The molecule has 0 aliphatic carbocycles. The van der Waals surface area contributed by atoms with E-state index in [0.717, 1.165) is 10.6 Å². The summed E-state index contributed by atoms with van der Waals surface area (Å²) in [5, 5.41) is 16.1. The van der Waals surface area contributed by atoms with Crippen LogP contribution >= 0.6 is 0 Å². The van der Waals surface area contributed by atoms with Gasteiger partial charge in [0.15, 0.2) is 5.96 Å². The van der Waals surface area contributed by atoms with Crippen molar-refractivity contribution in [2.45, 2.75) is 56.7 Å². The first-order valence-corrected chi connectivity index (χ1v) is 15.0. The Bertz CT molecular complexity index is 1360. The number of nitrogens with zero attached hydrogens (tertiary/aromatic N) is 4. The van der Waals surface area contributed by atoms with Crippen LogP contribution < -0.4 is 33.3 Å². The number of pyridine rings is 1. The minimum Gasteiger partial charge on any atom is -0.394 e. The number of aliphatic hydroxyl groups excluding tert-OH is 1. The highest BCUT2D eigenvalue weighted by Crippen LogP contribution is 2.19. The van der Waals surface area contributed by atoms with E-state index in [1.807, 2.05) is 0 Å². The first-order valence-electron chi connectivity index (χ1n) is 15.0. The third-order valence-corrected chi connectivity index (χ3v) is 7.25. The summed E-state index contributed by atoms with van der Waals surface area (Å²) < 4.78 is 0. The Hall–Kier alpha value is -5.25. The molecular weight excluding hydrogens is 596 g/mol. The summed E-state index contributed by atoms with van der Waals surface area (Å²) in [6.45, 7) is -0.246. The number of primary amides is 1. The van der Waals surface area contributed by atoms with Crippen LogP contribution in [0, 0.1) is 0 Å². The number of aliphatic imine (C=N–C) groups is 1. The molecule has 1 aliphatic rings. The van der Waals surface area contributed by atoms with Crippen LogP contribution in [0.4, 0.5) is 4.79 Å². The van der Waals surface area contributed by atoms with Crippen LogP contribution in [0.2, 0.25) is 0 Å². The average molecular weight is 639 g/mol. The number of hydrogen-bond acceptors (Lipinski definition) is 8. The normalized spacial score (nSPS) is 15.2. The fourth-order valence-corrected chi connectivity index (χ4v) is 4.94. The molecule has 3 rings (SSSR count). The average Bonchev–Trinajstić information content (AvgIpc) is 3.54. The highest BCUT2D eigenvalue weighted by Gasteiger charge is 2.39. The number of hydrogen-bond donors (Lipinski definition) is 7. The molecule has 0 bridgehead atoms. The zero-order chi connectivity index (χ0) is 33.5. The van der Waals surface area contributed by atoms with Crippen LogP contribution in [0.25, 0.3) is 0 Å². The van der Waals surface area contributed by atoms with E-state index in [-0.39, 0.29) is 38.4 Å². The summed E-state index contributed by atoms with van der Waals surface area (Å²) in [6, 6.07) is 9.99. The predicted octanol–water partition coefficient (Wildman–Crippen LogP) is -1.71. The van der Waals surface area contributed by atoms with E-state index in [0.29, 0.717) is 31.4 Å². The van der Waals surface area contributed by atoms with Gasteiger partial charge >= 0.3 is 6.03 Å². The lowest BCUT2D eigenvalue weighted by Gasteiger charge is -2.30. The number of carbonyl (C=O) groups is 5. The number of aromatic nitrogens is 1. The number of likely N-dealkylation sites (tertiary alicyclic amines) is 1. The lowest BCUT2D eigenvalue weighted by molar-refractivity contribution is -0.143. The second-order valence-electron chi connectivity index (χ2n) is 10.7. The molecule has 1 aromatic heterocycles. The third kappa shape index (κ3) is 11.0. The molecule has 1 aliphatic heterocycles. The van der Waals surface area contributed by atoms with E-state index in [1.165, 1.54) is 4.90 Å². The van der Waals surface area contributed by atoms with Crippen LogP contribution in [-0.2, 0) is 32.0 Å². The maximum absolute atomic E-state index is 13.6. The van der Waals surface area contributed by atoms with Crippen LogP contribution in [0.3, 0.4) is 0 Å². The number of amides is 6. The van der Waals surface area contributed by atoms with Crippen molar-refractivity contribution in [2.24, 2.45) is 22.2 Å². The van der Waals surface area contributed by atoms with E-state index in [1.54, 1.807) is 54.7 Å². The molecule has 6 amide bonds. The molecule has 1 saturated heterocycles. The highest BCUT2D eigenvalue weighted by atomic mass is 16.3. The maximum Gasteiger partial charge on any atom is 0.333 e. The van der Waals surface area contributed by atoms with Gasteiger partial charge in [0.1, 0.15) is 18.1 Å². The summed E-state index contributed by atoms with van der Waals surface area (Å²) in [5.74, 6) is -2.49. The fourth-order valence-electron chi connectivity index (χ4n) is 4.94. The number of guanidine groups is 1. The summed E-state index contributed by atoms with van der Waals surface area (Å²) in [5.41, 5.74) is 20.0. The molecule has 16 nitrogen and oxygen atoms in total. The third-order valence-electron chi connectivity index (χ3n) is 7.25. The molecule has 10 N–H and O–H groups in total. The largest absolute Gasteiger partial charge is 0.394 e. The van der Waals surface area contributed by atoms with Crippen molar-refractivity contribution >= 4 is 35.6 Å². The number of aliphatic hydroxyl groups is 1. The second-order valence-corrected chi connectivity index (χ2v) is 10.7. The first-order chi connectivity index (χ1) is 22.1. The molecule has 0 spiro atoms. The lowest BCUT2D eigenvalue weighted by Crippen LogP contribution is -2.59. The van der Waals surface area contributed by atoms with Crippen molar-refractivity contribution in [3.05, 3.63) is 66.0 Å². The summed E-state index contributed by atoms with van der Waals surface area (Å²) in [4.78, 5) is 74.3. The van der Waals surface area contributed by atoms with Gasteiger partial charge in [-0.1, -0.05) is 36.4 Å². The Kier molecular flexibility index (Phi) is 13.7. The Morgan fingerprint density at radius 2 is 1.76 bits per heavy atom. The molecule has 1 fully saturated rings. The SMILES string of the molecule is NC(=O)N(CCCN=C(N)N)NC(=O)[C@H](Cc1ccccc1)NC(=O)[C@@H]1CCCN1C(=O)[C@H](CO)NC(=O)CCc1ccccn1. The van der Waals surface area contributed by atoms with Crippen molar-refractivity contribution in [3.8, 4) is 0 Å². The van der Waals surface area contributed by atoms with Gasteiger partial charge in [0, 0.05) is 44.4 Å². The number of nitrogens with two attached hydrogens (primary N) is 3. The molecular formula is C30H42N10O6. The number of urea groups is 1. The number of hydrazine groups is 1. The highest BCUT2D eigenvalue weighted by molar-refractivity contribution is 5.95. The molecule has 0 radical (unpaired) electrons. The van der Waals surface area contributed by atoms with Crippen molar-refractivity contribution in [3.63, 3.8) is 0 Å². The molecule has 46 heavy (non-hydrogen) atoms. The maximum atomic E-state index is 13.6. The van der Waals surface area contributed by atoms with Crippen LogP contribution in [0.1, 0.15) is 36.9 Å². The number of nitrogens with one attached hydrogen (secondary N) is 3. The molecule has 16 heteroatoms. The van der Waals surface area contributed by atoms with Crippen LogP contribution in [-0.4, -0.2) is 100.0 Å². The van der Waals surface area contributed by atoms with Gasteiger partial charge in [-0.05, 0) is 43.4 Å². The summed E-state index contributed by atoms with van der Waals surface area (Å²) in [7, 11) is 0. The zero-order valence-corrected chi connectivity index (χ0v) is 25.5. The summed E-state index contributed by atoms with van der Waals surface area (Å²) in [6.07, 6.45) is 3.19. The van der Waals surface area contributed by atoms with Crippen molar-refractivity contribution in [2.75, 3.05) is 26.2 Å². The zero-order valence-electron chi connectivity index (χ0n) is 25.5. The molecule has 0 saturated carbocycles. The molecule has 1 aromatic carbocycles. The van der Waals surface area contributed by atoms with Gasteiger partial charge in [0.25, 0.3) is 5.91 Å². The van der Waals surface area contributed by atoms with E-state index in [4.69, 9.17) is 17.2 Å². The van der Waals surface area contributed by atoms with E-state index >= 15 is 0 Å². The van der Waals surface area contributed by atoms with Gasteiger partial charge in [-0.15, -0.1) is 0 Å². The molecule has 0 unspecified atom stereocenters. The van der Waals surface area contributed by atoms with Gasteiger partial charge in [0.2, 0.25) is 17.7 Å². The monoisotopic (exact) mass is 638 g/mol. The first kappa shape index (κ1) is 35.2. The van der Waals surface area contributed by atoms with Crippen LogP contribution in [0.15, 0.2) is 59.7 Å². The minimum atomic E-state index is -1.25. The van der Waals surface area contributed by atoms with Crippen molar-refractivity contribution < 1.29 is 29.1 Å². The van der Waals surface area contributed by atoms with E-state index in [2.05, 4.69) is 26.0 Å². The number of aryl methyl sites for hydroxylation is 1. The standard InChI is InChI=1S/C30H42N10O6/c31-29(32)35-15-7-17-40(30(33)46)38-26(43)22(18-20-8-2-1-3-9-20)37-27(44)24-11-6-16-39(24)28(45)23(19-41)36-25(42)13-12-21-10-4-5-14-34-21/h1-5,8-10,14,22-24,41H,6-7,11-13,15-19H2,(H2,33,46)(H,36,42)(H,37,44)(H,38,43)(H4,31,32,35)/t22-,23-,24-/m0/s1.